The zero-order valence-corrected chi connectivity index (χ0v) is 14.9. The molecule has 23 heavy (non-hydrogen) atoms. The highest BCUT2D eigenvalue weighted by atomic mass is 35.5. The minimum absolute atomic E-state index is 0.0605. The van der Waals surface area contributed by atoms with E-state index in [2.05, 4.69) is 9.97 Å². The van der Waals surface area contributed by atoms with E-state index in [1.165, 1.54) is 6.33 Å². The summed E-state index contributed by atoms with van der Waals surface area (Å²) in [6, 6.07) is 0. The molecule has 0 radical (unpaired) electrons. The fraction of sp³-hybridized carbons (Fsp3) is 0.667. The number of hydrogen-bond donors (Lipinski definition) is 1. The number of ether oxygens (including phenoxy) is 1. The van der Waals surface area contributed by atoms with Crippen LogP contribution in [0, 0.1) is 5.92 Å². The van der Waals surface area contributed by atoms with Gasteiger partial charge in [0.1, 0.15) is 22.2 Å². The number of hydrogen-bond acceptors (Lipinski definition) is 5. The molecule has 2 heterocycles. The second-order valence-electron chi connectivity index (χ2n) is 6.62. The maximum atomic E-state index is 12.0. The first-order valence-corrected chi connectivity index (χ1v) is 8.26. The SMILES string of the molecule is CC(C)(C)OC(=O)N1CCC(C(O)c2c(Cl)ncnc2Cl)CC1. The minimum Gasteiger partial charge on any atom is -0.444 e. The highest BCUT2D eigenvalue weighted by molar-refractivity contribution is 6.34. The number of aromatic nitrogens is 2. The Morgan fingerprint density at radius 2 is 1.83 bits per heavy atom. The van der Waals surface area contributed by atoms with Crippen molar-refractivity contribution in [1.82, 2.24) is 14.9 Å². The number of amides is 1. The van der Waals surface area contributed by atoms with Crippen LogP contribution in [0.15, 0.2) is 6.33 Å². The van der Waals surface area contributed by atoms with E-state index in [1.807, 2.05) is 20.8 Å². The molecular weight excluding hydrogens is 341 g/mol. The molecule has 1 aromatic rings. The van der Waals surface area contributed by atoms with E-state index in [0.29, 0.717) is 31.5 Å². The molecule has 1 aliphatic rings. The predicted octanol–water partition coefficient (Wildman–Crippen LogP) is 3.46. The molecule has 1 aliphatic heterocycles. The first-order valence-electron chi connectivity index (χ1n) is 7.51. The third-order valence-electron chi connectivity index (χ3n) is 3.72. The van der Waals surface area contributed by atoms with Crippen molar-refractivity contribution in [3.05, 3.63) is 22.2 Å². The molecule has 1 fully saturated rings. The number of aliphatic hydroxyl groups excluding tert-OH is 1. The molecule has 8 heteroatoms. The summed E-state index contributed by atoms with van der Waals surface area (Å²) in [6.45, 7) is 6.53. The molecule has 0 bridgehead atoms. The Morgan fingerprint density at radius 3 is 2.30 bits per heavy atom. The van der Waals surface area contributed by atoms with Gasteiger partial charge in [0, 0.05) is 13.1 Å². The topological polar surface area (TPSA) is 75.5 Å². The van der Waals surface area contributed by atoms with Crippen molar-refractivity contribution in [2.45, 2.75) is 45.3 Å². The molecule has 2 rings (SSSR count). The molecule has 1 N–H and O–H groups in total. The second kappa shape index (κ2) is 7.20. The Balaban J connectivity index is 1.98. The molecule has 6 nitrogen and oxygen atoms in total. The summed E-state index contributed by atoms with van der Waals surface area (Å²) in [7, 11) is 0. The number of halogens is 2. The maximum absolute atomic E-state index is 12.0. The molecular formula is C15H21Cl2N3O3. The molecule has 0 saturated carbocycles. The van der Waals surface area contributed by atoms with Gasteiger partial charge in [0.25, 0.3) is 0 Å². The van der Waals surface area contributed by atoms with Gasteiger partial charge in [-0.25, -0.2) is 14.8 Å². The molecule has 0 aromatic carbocycles. The van der Waals surface area contributed by atoms with Gasteiger partial charge in [0.05, 0.1) is 11.7 Å². The van der Waals surface area contributed by atoms with Crippen molar-refractivity contribution in [3.8, 4) is 0 Å². The minimum atomic E-state index is -0.850. The van der Waals surface area contributed by atoms with Crippen molar-refractivity contribution in [2.75, 3.05) is 13.1 Å². The summed E-state index contributed by atoms with van der Waals surface area (Å²) in [6.07, 6.45) is 1.33. The van der Waals surface area contributed by atoms with Crippen LogP contribution in [0.25, 0.3) is 0 Å². The molecule has 0 spiro atoms. The number of aliphatic hydroxyl groups is 1. The summed E-state index contributed by atoms with van der Waals surface area (Å²) in [5.74, 6) is -0.0605. The standard InChI is InChI=1S/C15H21Cl2N3O3/c1-15(2,3)23-14(22)20-6-4-9(5-7-20)11(21)10-12(16)18-8-19-13(10)17/h8-9,11,21H,4-7H2,1-3H3. The van der Waals surface area contributed by atoms with Crippen LogP contribution in [0.1, 0.15) is 45.3 Å². The van der Waals surface area contributed by atoms with Gasteiger partial charge in [0.15, 0.2) is 0 Å². The van der Waals surface area contributed by atoms with Gasteiger partial charge >= 0.3 is 6.09 Å². The fourth-order valence-electron chi connectivity index (χ4n) is 2.56. The lowest BCUT2D eigenvalue weighted by molar-refractivity contribution is 0.00760. The Labute approximate surface area is 145 Å². The first-order chi connectivity index (χ1) is 10.7. The average molecular weight is 362 g/mol. The van der Waals surface area contributed by atoms with Crippen molar-refractivity contribution < 1.29 is 14.6 Å². The van der Waals surface area contributed by atoms with Crippen LogP contribution in [-0.4, -0.2) is 44.8 Å². The summed E-state index contributed by atoms with van der Waals surface area (Å²) in [4.78, 5) is 21.4. The normalized spacial score (nSPS) is 17.9. The van der Waals surface area contributed by atoms with Crippen molar-refractivity contribution in [3.63, 3.8) is 0 Å². The van der Waals surface area contributed by atoms with Crippen LogP contribution in [0.5, 0.6) is 0 Å². The highest BCUT2D eigenvalue weighted by Crippen LogP contribution is 2.36. The van der Waals surface area contributed by atoms with Crippen LogP contribution in [0.4, 0.5) is 4.79 Å². The molecule has 1 unspecified atom stereocenters. The number of nitrogens with zero attached hydrogens (tertiary/aromatic N) is 3. The van der Waals surface area contributed by atoms with E-state index in [0.717, 1.165) is 0 Å². The Kier molecular flexibility index (Phi) is 5.70. The van der Waals surface area contributed by atoms with Crippen LogP contribution >= 0.6 is 23.2 Å². The summed E-state index contributed by atoms with van der Waals surface area (Å²) >= 11 is 12.0. The maximum Gasteiger partial charge on any atom is 0.410 e. The molecule has 0 aliphatic carbocycles. The Morgan fingerprint density at radius 1 is 1.30 bits per heavy atom. The fourth-order valence-corrected chi connectivity index (χ4v) is 3.10. The molecule has 1 aromatic heterocycles. The second-order valence-corrected chi connectivity index (χ2v) is 7.33. The number of rotatable bonds is 2. The van der Waals surface area contributed by atoms with E-state index in [-0.39, 0.29) is 22.3 Å². The van der Waals surface area contributed by atoms with E-state index < -0.39 is 11.7 Å². The number of piperidine rings is 1. The smallest absolute Gasteiger partial charge is 0.410 e. The lowest BCUT2D eigenvalue weighted by Gasteiger charge is -2.35. The van der Waals surface area contributed by atoms with Crippen molar-refractivity contribution >= 4 is 29.3 Å². The molecule has 1 saturated heterocycles. The Bertz CT molecular complexity index is 549. The lowest BCUT2D eigenvalue weighted by Crippen LogP contribution is -2.42. The van der Waals surface area contributed by atoms with Crippen LogP contribution in [0.2, 0.25) is 10.3 Å². The van der Waals surface area contributed by atoms with Gasteiger partial charge < -0.3 is 14.7 Å². The monoisotopic (exact) mass is 361 g/mol. The van der Waals surface area contributed by atoms with Gasteiger partial charge in [-0.2, -0.15) is 0 Å². The zero-order valence-electron chi connectivity index (χ0n) is 13.4. The van der Waals surface area contributed by atoms with Crippen LogP contribution in [-0.2, 0) is 4.74 Å². The van der Waals surface area contributed by atoms with Gasteiger partial charge in [-0.05, 0) is 39.5 Å². The predicted molar refractivity (Wildman–Crippen MR) is 87.5 cm³/mol. The Hall–Kier alpha value is -1.11. The van der Waals surface area contributed by atoms with Crippen LogP contribution < -0.4 is 0 Å². The number of likely N-dealkylation sites (tertiary alicyclic amines) is 1. The average Bonchev–Trinajstić information content (AvgIpc) is 2.45. The quantitative estimate of drug-likeness (QED) is 0.816. The van der Waals surface area contributed by atoms with Gasteiger partial charge in [-0.1, -0.05) is 23.2 Å². The van der Waals surface area contributed by atoms with Gasteiger partial charge in [0.2, 0.25) is 0 Å². The van der Waals surface area contributed by atoms with Crippen molar-refractivity contribution in [2.24, 2.45) is 5.92 Å². The molecule has 1 atom stereocenters. The largest absolute Gasteiger partial charge is 0.444 e. The third kappa shape index (κ3) is 4.68. The van der Waals surface area contributed by atoms with E-state index in [4.69, 9.17) is 27.9 Å². The van der Waals surface area contributed by atoms with Crippen molar-refractivity contribution in [1.29, 1.82) is 0 Å². The first kappa shape index (κ1) is 18.2. The zero-order chi connectivity index (χ0) is 17.2. The van der Waals surface area contributed by atoms with Crippen LogP contribution in [0.3, 0.4) is 0 Å². The highest BCUT2D eigenvalue weighted by Gasteiger charge is 2.32. The third-order valence-corrected chi connectivity index (χ3v) is 4.32. The molecule has 1 amide bonds. The van der Waals surface area contributed by atoms with E-state index >= 15 is 0 Å². The molecule has 128 valence electrons. The number of carbonyl (C=O) groups is 1. The summed E-state index contributed by atoms with van der Waals surface area (Å²) < 4.78 is 5.36. The summed E-state index contributed by atoms with van der Waals surface area (Å²) in [5.41, 5.74) is -0.165. The van der Waals surface area contributed by atoms with E-state index in [1.54, 1.807) is 4.90 Å². The number of carbonyl (C=O) groups excluding carboxylic acids is 1. The van der Waals surface area contributed by atoms with E-state index in [9.17, 15) is 9.90 Å². The van der Waals surface area contributed by atoms with Gasteiger partial charge in [-0.15, -0.1) is 0 Å². The van der Waals surface area contributed by atoms with Gasteiger partial charge in [-0.3, -0.25) is 0 Å². The summed E-state index contributed by atoms with van der Waals surface area (Å²) in [5, 5.41) is 10.9. The lowest BCUT2D eigenvalue weighted by atomic mass is 9.88.